The fourth-order valence-electron chi connectivity index (χ4n) is 2.75. The number of unbranched alkanes of at least 4 members (excludes halogenated alkanes) is 1. The Balaban J connectivity index is 1.83. The zero-order valence-corrected chi connectivity index (χ0v) is 16.8. The van der Waals surface area contributed by atoms with Crippen molar-refractivity contribution in [3.63, 3.8) is 0 Å². The molecule has 3 aromatic rings. The minimum atomic E-state index is -0.657. The number of aromatic nitrogens is 2. The standard InChI is InChI=1S/C22H23N3O5/c1-3-4-13-30-16-11-9-15(10-12-16)23-22(28)21-18(26)14-20(27)25(24-21)17-7-5-6-8-19(17)29-2/h5-12,14,26H,3-4,13H2,1-2H3,(H,23,28). The van der Waals surface area contributed by atoms with Gasteiger partial charge in [-0.3, -0.25) is 9.59 Å². The lowest BCUT2D eigenvalue weighted by Gasteiger charge is -2.12. The van der Waals surface area contributed by atoms with Gasteiger partial charge in [-0.1, -0.05) is 25.5 Å². The summed E-state index contributed by atoms with van der Waals surface area (Å²) in [5.74, 6) is -0.0612. The van der Waals surface area contributed by atoms with Crippen LogP contribution in [0, 0.1) is 0 Å². The maximum atomic E-state index is 12.7. The second-order valence-electron chi connectivity index (χ2n) is 6.48. The lowest BCUT2D eigenvalue weighted by atomic mass is 10.2. The topological polar surface area (TPSA) is 103 Å². The summed E-state index contributed by atoms with van der Waals surface area (Å²) in [5.41, 5.74) is -0.0300. The third kappa shape index (κ3) is 4.78. The van der Waals surface area contributed by atoms with Gasteiger partial charge in [0.15, 0.2) is 11.4 Å². The smallest absolute Gasteiger partial charge is 0.279 e. The highest BCUT2D eigenvalue weighted by molar-refractivity contribution is 6.04. The lowest BCUT2D eigenvalue weighted by molar-refractivity contribution is 0.101. The first-order valence-corrected chi connectivity index (χ1v) is 9.54. The average molecular weight is 409 g/mol. The number of ether oxygens (including phenoxy) is 2. The molecule has 0 fully saturated rings. The lowest BCUT2D eigenvalue weighted by Crippen LogP contribution is -2.25. The zero-order valence-electron chi connectivity index (χ0n) is 16.8. The quantitative estimate of drug-likeness (QED) is 0.553. The van der Waals surface area contributed by atoms with Crippen molar-refractivity contribution in [1.29, 1.82) is 0 Å². The third-order valence-electron chi connectivity index (χ3n) is 4.32. The summed E-state index contributed by atoms with van der Waals surface area (Å²) in [6.07, 6.45) is 2.01. The van der Waals surface area contributed by atoms with Crippen molar-refractivity contribution in [3.05, 3.63) is 70.6 Å². The molecule has 0 saturated carbocycles. The number of carbonyl (C=O) groups excluding carboxylic acids is 1. The summed E-state index contributed by atoms with van der Waals surface area (Å²) in [5, 5.41) is 16.8. The van der Waals surface area contributed by atoms with E-state index in [-0.39, 0.29) is 5.69 Å². The van der Waals surface area contributed by atoms with Crippen molar-refractivity contribution in [2.45, 2.75) is 19.8 Å². The Hall–Kier alpha value is -3.81. The van der Waals surface area contributed by atoms with Crippen LogP contribution in [-0.2, 0) is 0 Å². The number of anilines is 1. The highest BCUT2D eigenvalue weighted by atomic mass is 16.5. The molecule has 2 N–H and O–H groups in total. The normalized spacial score (nSPS) is 10.5. The van der Waals surface area contributed by atoms with Crippen molar-refractivity contribution in [2.75, 3.05) is 19.0 Å². The van der Waals surface area contributed by atoms with E-state index in [1.807, 2.05) is 0 Å². The molecule has 1 heterocycles. The molecule has 0 saturated heterocycles. The minimum Gasteiger partial charge on any atom is -0.505 e. The second-order valence-corrected chi connectivity index (χ2v) is 6.48. The fourth-order valence-corrected chi connectivity index (χ4v) is 2.75. The molecule has 0 aliphatic carbocycles. The molecule has 0 aliphatic rings. The van der Waals surface area contributed by atoms with E-state index in [0.717, 1.165) is 23.6 Å². The van der Waals surface area contributed by atoms with E-state index in [2.05, 4.69) is 17.3 Å². The first-order chi connectivity index (χ1) is 14.5. The Morgan fingerprint density at radius 1 is 1.17 bits per heavy atom. The van der Waals surface area contributed by atoms with Crippen LogP contribution >= 0.6 is 0 Å². The maximum Gasteiger partial charge on any atom is 0.279 e. The van der Waals surface area contributed by atoms with Crippen molar-refractivity contribution in [3.8, 4) is 22.9 Å². The number of hydrogen-bond donors (Lipinski definition) is 2. The Morgan fingerprint density at radius 3 is 2.60 bits per heavy atom. The Labute approximate surface area is 173 Å². The summed E-state index contributed by atoms with van der Waals surface area (Å²) in [6, 6.07) is 14.6. The Morgan fingerprint density at radius 2 is 1.90 bits per heavy atom. The second kappa shape index (κ2) is 9.60. The molecular weight excluding hydrogens is 386 g/mol. The number of nitrogens with zero attached hydrogens (tertiary/aromatic N) is 2. The van der Waals surface area contributed by atoms with Crippen molar-refractivity contribution < 1.29 is 19.4 Å². The van der Waals surface area contributed by atoms with Crippen LogP contribution in [0.4, 0.5) is 5.69 Å². The Bertz CT molecular complexity index is 1080. The van der Waals surface area contributed by atoms with Crippen molar-refractivity contribution in [1.82, 2.24) is 9.78 Å². The van der Waals surface area contributed by atoms with Crippen LogP contribution in [0.3, 0.4) is 0 Å². The number of rotatable bonds is 8. The van der Waals surface area contributed by atoms with Crippen LogP contribution in [0.25, 0.3) is 5.69 Å². The molecule has 3 rings (SSSR count). The SMILES string of the molecule is CCCCOc1ccc(NC(=O)c2nn(-c3ccccc3OC)c(=O)cc2O)cc1. The molecular formula is C22H23N3O5. The van der Waals surface area contributed by atoms with Gasteiger partial charge in [0.25, 0.3) is 11.5 Å². The minimum absolute atomic E-state index is 0.288. The largest absolute Gasteiger partial charge is 0.505 e. The molecule has 1 amide bonds. The van der Waals surface area contributed by atoms with Gasteiger partial charge in [-0.2, -0.15) is 9.78 Å². The van der Waals surface area contributed by atoms with E-state index < -0.39 is 17.2 Å². The number of carbonyl (C=O) groups is 1. The third-order valence-corrected chi connectivity index (χ3v) is 4.32. The number of aromatic hydroxyl groups is 1. The molecule has 0 bridgehead atoms. The van der Waals surface area contributed by atoms with E-state index in [0.29, 0.717) is 29.5 Å². The average Bonchev–Trinajstić information content (AvgIpc) is 2.75. The van der Waals surface area contributed by atoms with Gasteiger partial charge in [0.2, 0.25) is 0 Å². The van der Waals surface area contributed by atoms with Crippen LogP contribution in [0.1, 0.15) is 30.3 Å². The highest BCUT2D eigenvalue weighted by Gasteiger charge is 2.18. The molecule has 1 aromatic heterocycles. The molecule has 8 nitrogen and oxygen atoms in total. The van der Waals surface area contributed by atoms with Crippen molar-refractivity contribution >= 4 is 11.6 Å². The van der Waals surface area contributed by atoms with Crippen molar-refractivity contribution in [2.24, 2.45) is 0 Å². The molecule has 8 heteroatoms. The number of methoxy groups -OCH3 is 1. The zero-order chi connectivity index (χ0) is 21.5. The predicted octanol–water partition coefficient (Wildman–Crippen LogP) is 3.38. The monoisotopic (exact) mass is 409 g/mol. The molecule has 0 atom stereocenters. The van der Waals surface area contributed by atoms with E-state index in [1.54, 1.807) is 48.5 Å². The molecule has 0 unspecified atom stereocenters. The van der Waals surface area contributed by atoms with Gasteiger partial charge in [-0.15, -0.1) is 0 Å². The van der Waals surface area contributed by atoms with E-state index in [9.17, 15) is 14.7 Å². The number of nitrogens with one attached hydrogen (secondary N) is 1. The van der Waals surface area contributed by atoms with Gasteiger partial charge in [0.1, 0.15) is 17.2 Å². The van der Waals surface area contributed by atoms with Gasteiger partial charge in [0, 0.05) is 11.8 Å². The van der Waals surface area contributed by atoms with Gasteiger partial charge in [-0.05, 0) is 42.8 Å². The maximum absolute atomic E-state index is 12.7. The molecule has 0 aliphatic heterocycles. The number of hydrogen-bond acceptors (Lipinski definition) is 6. The first kappa shape index (κ1) is 20.9. The summed E-state index contributed by atoms with van der Waals surface area (Å²) in [7, 11) is 1.47. The summed E-state index contributed by atoms with van der Waals surface area (Å²) in [6.45, 7) is 2.72. The Kier molecular flexibility index (Phi) is 6.69. The number of para-hydroxylation sites is 2. The van der Waals surface area contributed by atoms with E-state index in [1.165, 1.54) is 7.11 Å². The molecule has 0 spiro atoms. The molecule has 0 radical (unpaired) electrons. The fraction of sp³-hybridized carbons (Fsp3) is 0.227. The summed E-state index contributed by atoms with van der Waals surface area (Å²) in [4.78, 5) is 25.0. The first-order valence-electron chi connectivity index (χ1n) is 9.54. The van der Waals surface area contributed by atoms with E-state index >= 15 is 0 Å². The predicted molar refractivity (Wildman–Crippen MR) is 113 cm³/mol. The molecule has 2 aromatic carbocycles. The van der Waals surface area contributed by atoms with Gasteiger partial charge in [-0.25, -0.2) is 0 Å². The van der Waals surface area contributed by atoms with Crippen LogP contribution < -0.4 is 20.3 Å². The number of benzene rings is 2. The molecule has 30 heavy (non-hydrogen) atoms. The van der Waals surface area contributed by atoms with Gasteiger partial charge < -0.3 is 19.9 Å². The summed E-state index contributed by atoms with van der Waals surface area (Å²) >= 11 is 0. The summed E-state index contributed by atoms with van der Waals surface area (Å²) < 4.78 is 11.9. The van der Waals surface area contributed by atoms with Gasteiger partial charge in [0.05, 0.1) is 13.7 Å². The van der Waals surface area contributed by atoms with Crippen LogP contribution in [0.2, 0.25) is 0 Å². The molecule has 156 valence electrons. The van der Waals surface area contributed by atoms with Crippen LogP contribution in [-0.4, -0.2) is 34.5 Å². The van der Waals surface area contributed by atoms with Crippen LogP contribution in [0.5, 0.6) is 17.2 Å². The highest BCUT2D eigenvalue weighted by Crippen LogP contribution is 2.22. The van der Waals surface area contributed by atoms with Gasteiger partial charge >= 0.3 is 0 Å². The number of amides is 1. The van der Waals surface area contributed by atoms with Crippen LogP contribution in [0.15, 0.2) is 59.4 Å². The van der Waals surface area contributed by atoms with E-state index in [4.69, 9.17) is 9.47 Å².